The Bertz CT molecular complexity index is 1040. The summed E-state index contributed by atoms with van der Waals surface area (Å²) in [7, 11) is 0. The van der Waals surface area contributed by atoms with Crippen LogP contribution in [0, 0.1) is 5.92 Å². The molecular formula is C19H17N5O2. The van der Waals surface area contributed by atoms with E-state index in [-0.39, 0.29) is 11.8 Å². The SMILES string of the molecule is O=CN1CCc2ncc(-c3ccc4nc(NC(=O)C5CC5)cn4c3)cc21. The number of pyridine rings is 2. The van der Waals surface area contributed by atoms with E-state index in [0.717, 1.165) is 53.8 Å². The van der Waals surface area contributed by atoms with Crippen LogP contribution in [-0.4, -0.2) is 33.2 Å². The molecule has 26 heavy (non-hydrogen) atoms. The number of carbonyl (C=O) groups is 2. The topological polar surface area (TPSA) is 79.6 Å². The Hall–Kier alpha value is -3.22. The Kier molecular flexibility index (Phi) is 3.28. The maximum absolute atomic E-state index is 11.9. The quantitative estimate of drug-likeness (QED) is 0.734. The number of nitrogens with zero attached hydrogens (tertiary/aromatic N) is 4. The highest BCUT2D eigenvalue weighted by Gasteiger charge is 2.30. The molecule has 0 bridgehead atoms. The Morgan fingerprint density at radius 3 is 2.92 bits per heavy atom. The molecule has 0 radical (unpaired) electrons. The van der Waals surface area contributed by atoms with Crippen LogP contribution in [0.25, 0.3) is 16.8 Å². The van der Waals surface area contributed by atoms with Crippen LogP contribution in [0.3, 0.4) is 0 Å². The molecule has 1 saturated carbocycles. The Morgan fingerprint density at radius 1 is 1.23 bits per heavy atom. The zero-order chi connectivity index (χ0) is 17.7. The number of carbonyl (C=O) groups excluding carboxylic acids is 2. The van der Waals surface area contributed by atoms with Crippen molar-refractivity contribution >= 4 is 29.5 Å². The van der Waals surface area contributed by atoms with Crippen molar-refractivity contribution < 1.29 is 9.59 Å². The molecule has 0 unspecified atom stereocenters. The fourth-order valence-electron chi connectivity index (χ4n) is 3.33. The monoisotopic (exact) mass is 347 g/mol. The second-order valence-electron chi connectivity index (χ2n) is 6.81. The summed E-state index contributed by atoms with van der Waals surface area (Å²) in [4.78, 5) is 33.7. The van der Waals surface area contributed by atoms with Crippen LogP contribution in [-0.2, 0) is 16.0 Å². The fourth-order valence-corrected chi connectivity index (χ4v) is 3.33. The van der Waals surface area contributed by atoms with Crippen molar-refractivity contribution in [1.29, 1.82) is 0 Å². The van der Waals surface area contributed by atoms with Crippen LogP contribution in [0.5, 0.6) is 0 Å². The molecule has 4 heterocycles. The first kappa shape index (κ1) is 15.1. The van der Waals surface area contributed by atoms with E-state index in [1.807, 2.05) is 41.2 Å². The second kappa shape index (κ2) is 5.66. The highest BCUT2D eigenvalue weighted by atomic mass is 16.2. The molecule has 3 aromatic rings. The molecule has 0 aromatic carbocycles. The average Bonchev–Trinajstić information content (AvgIpc) is 3.31. The summed E-state index contributed by atoms with van der Waals surface area (Å²) in [6.45, 7) is 0.680. The number of anilines is 2. The summed E-state index contributed by atoms with van der Waals surface area (Å²) in [5.41, 5.74) is 4.51. The standard InChI is InChI=1S/C19H17N5O2/c25-11-23-6-5-15-16(23)7-14(8-20-15)13-3-4-18-21-17(10-24(18)9-13)22-19(26)12-1-2-12/h3-4,7-12H,1-2,5-6H2,(H,22,26). The molecule has 2 aliphatic rings. The minimum absolute atomic E-state index is 0.0467. The van der Waals surface area contributed by atoms with Crippen LogP contribution in [0.1, 0.15) is 18.5 Å². The predicted octanol–water partition coefficient (Wildman–Crippen LogP) is 2.26. The van der Waals surface area contributed by atoms with Crippen molar-refractivity contribution in [2.45, 2.75) is 19.3 Å². The summed E-state index contributed by atoms with van der Waals surface area (Å²) in [5, 5.41) is 2.87. The normalized spacial score (nSPS) is 15.9. The molecule has 3 aromatic heterocycles. The zero-order valence-corrected chi connectivity index (χ0v) is 14.1. The third-order valence-electron chi connectivity index (χ3n) is 4.96. The summed E-state index contributed by atoms with van der Waals surface area (Å²) in [5.74, 6) is 0.761. The number of hydrogen-bond donors (Lipinski definition) is 1. The van der Waals surface area contributed by atoms with Crippen molar-refractivity contribution in [2.24, 2.45) is 5.92 Å². The summed E-state index contributed by atoms with van der Waals surface area (Å²) < 4.78 is 1.89. The van der Waals surface area contributed by atoms with Gasteiger partial charge >= 0.3 is 0 Å². The lowest BCUT2D eigenvalue weighted by Crippen LogP contribution is -2.17. The van der Waals surface area contributed by atoms with E-state index in [9.17, 15) is 9.59 Å². The van der Waals surface area contributed by atoms with Gasteiger partial charge in [-0.15, -0.1) is 0 Å². The fraction of sp³-hybridized carbons (Fsp3) is 0.263. The van der Waals surface area contributed by atoms with E-state index in [2.05, 4.69) is 15.3 Å². The smallest absolute Gasteiger partial charge is 0.228 e. The Balaban J connectivity index is 1.47. The molecule has 1 aliphatic heterocycles. The second-order valence-corrected chi connectivity index (χ2v) is 6.81. The van der Waals surface area contributed by atoms with Gasteiger partial charge in [0.25, 0.3) is 0 Å². The van der Waals surface area contributed by atoms with Gasteiger partial charge in [0, 0.05) is 42.4 Å². The van der Waals surface area contributed by atoms with Gasteiger partial charge in [0.05, 0.1) is 17.6 Å². The molecule has 1 aliphatic carbocycles. The maximum atomic E-state index is 11.9. The van der Waals surface area contributed by atoms with Crippen molar-refractivity contribution in [3.8, 4) is 11.1 Å². The molecule has 7 heteroatoms. The first-order valence-corrected chi connectivity index (χ1v) is 8.72. The van der Waals surface area contributed by atoms with Gasteiger partial charge in [-0.3, -0.25) is 14.6 Å². The first-order chi connectivity index (χ1) is 12.7. The summed E-state index contributed by atoms with van der Waals surface area (Å²) in [6, 6.07) is 5.88. The average molecular weight is 347 g/mol. The van der Waals surface area contributed by atoms with Crippen LogP contribution in [0.2, 0.25) is 0 Å². The summed E-state index contributed by atoms with van der Waals surface area (Å²) in [6.07, 6.45) is 9.18. The summed E-state index contributed by atoms with van der Waals surface area (Å²) >= 11 is 0. The first-order valence-electron chi connectivity index (χ1n) is 8.72. The molecule has 0 spiro atoms. The van der Waals surface area contributed by atoms with Gasteiger partial charge < -0.3 is 14.6 Å². The van der Waals surface area contributed by atoms with Crippen LogP contribution in [0.15, 0.2) is 36.8 Å². The van der Waals surface area contributed by atoms with Gasteiger partial charge in [0.2, 0.25) is 12.3 Å². The van der Waals surface area contributed by atoms with Crippen LogP contribution in [0.4, 0.5) is 11.5 Å². The van der Waals surface area contributed by atoms with Gasteiger partial charge in [-0.25, -0.2) is 4.98 Å². The van der Waals surface area contributed by atoms with E-state index >= 15 is 0 Å². The van der Waals surface area contributed by atoms with E-state index in [1.165, 1.54) is 0 Å². The van der Waals surface area contributed by atoms with Gasteiger partial charge in [0.1, 0.15) is 5.65 Å². The minimum atomic E-state index is 0.0467. The Morgan fingerprint density at radius 2 is 2.12 bits per heavy atom. The molecule has 130 valence electrons. The highest BCUT2D eigenvalue weighted by molar-refractivity contribution is 5.93. The van der Waals surface area contributed by atoms with Gasteiger partial charge in [-0.05, 0) is 31.0 Å². The largest absolute Gasteiger partial charge is 0.313 e. The lowest BCUT2D eigenvalue weighted by molar-refractivity contribution is -0.117. The number of amides is 2. The van der Waals surface area contributed by atoms with Crippen LogP contribution >= 0.6 is 0 Å². The van der Waals surface area contributed by atoms with E-state index in [0.29, 0.717) is 12.4 Å². The number of aromatic nitrogens is 3. The number of nitrogens with one attached hydrogen (secondary N) is 1. The van der Waals surface area contributed by atoms with Crippen LogP contribution < -0.4 is 10.2 Å². The number of hydrogen-bond acceptors (Lipinski definition) is 4. The molecule has 5 rings (SSSR count). The molecule has 0 saturated heterocycles. The van der Waals surface area contributed by atoms with E-state index in [4.69, 9.17) is 0 Å². The molecule has 0 atom stereocenters. The minimum Gasteiger partial charge on any atom is -0.313 e. The van der Waals surface area contributed by atoms with Gasteiger partial charge in [0.15, 0.2) is 5.82 Å². The number of imidazole rings is 1. The third kappa shape index (κ3) is 2.52. The molecule has 1 N–H and O–H groups in total. The highest BCUT2D eigenvalue weighted by Crippen LogP contribution is 2.31. The molecular weight excluding hydrogens is 330 g/mol. The predicted molar refractivity (Wildman–Crippen MR) is 96.9 cm³/mol. The molecule has 2 amide bonds. The van der Waals surface area contributed by atoms with E-state index in [1.54, 1.807) is 4.90 Å². The molecule has 7 nitrogen and oxygen atoms in total. The van der Waals surface area contributed by atoms with Gasteiger partial charge in [-0.1, -0.05) is 0 Å². The van der Waals surface area contributed by atoms with Crippen molar-refractivity contribution in [1.82, 2.24) is 14.4 Å². The lowest BCUT2D eigenvalue weighted by Gasteiger charge is -2.11. The van der Waals surface area contributed by atoms with E-state index < -0.39 is 0 Å². The number of fused-ring (bicyclic) bond motifs is 2. The molecule has 1 fully saturated rings. The zero-order valence-electron chi connectivity index (χ0n) is 14.1. The van der Waals surface area contributed by atoms with Crippen molar-refractivity contribution in [2.75, 3.05) is 16.8 Å². The Labute approximate surface area is 149 Å². The van der Waals surface area contributed by atoms with Crippen molar-refractivity contribution in [3.05, 3.63) is 42.5 Å². The van der Waals surface area contributed by atoms with Crippen molar-refractivity contribution in [3.63, 3.8) is 0 Å². The van der Waals surface area contributed by atoms with Gasteiger partial charge in [-0.2, -0.15) is 0 Å². The lowest BCUT2D eigenvalue weighted by atomic mass is 10.1. The maximum Gasteiger partial charge on any atom is 0.228 e. The number of rotatable bonds is 4. The third-order valence-corrected chi connectivity index (χ3v) is 4.96.